The van der Waals surface area contributed by atoms with Crippen LogP contribution >= 0.6 is 0 Å². The minimum atomic E-state index is -0.934. The first-order valence-electron chi connectivity index (χ1n) is 16.8. The zero-order chi connectivity index (χ0) is 35.4. The largest absolute Gasteiger partial charge is 0.439 e. The van der Waals surface area contributed by atoms with Crippen LogP contribution in [-0.4, -0.2) is 100 Å². The van der Waals surface area contributed by atoms with Crippen LogP contribution in [0.4, 0.5) is 4.79 Å². The van der Waals surface area contributed by atoms with Crippen LogP contribution in [0.15, 0.2) is 58.5 Å². The molecule has 3 aliphatic rings. The second-order valence-corrected chi connectivity index (χ2v) is 12.9. The number of amides is 2. The molecule has 1 saturated heterocycles. The summed E-state index contributed by atoms with van der Waals surface area (Å²) in [6.07, 6.45) is 8.67. The molecule has 4 N–H and O–H groups in total. The quantitative estimate of drug-likeness (QED) is 0.258. The van der Waals surface area contributed by atoms with Crippen LogP contribution in [0.1, 0.15) is 59.8 Å². The molecule has 12 heteroatoms. The third-order valence-corrected chi connectivity index (χ3v) is 9.20. The number of ether oxygens (including phenoxy) is 4. The van der Waals surface area contributed by atoms with E-state index in [1.165, 1.54) is 13.2 Å². The predicted octanol–water partition coefficient (Wildman–Crippen LogP) is 3.49. The third-order valence-electron chi connectivity index (χ3n) is 9.20. The fourth-order valence-electron chi connectivity index (χ4n) is 6.64. The molecule has 2 amide bonds. The molecule has 2 aliphatic heterocycles. The Morgan fingerprint density at radius 2 is 1.77 bits per heavy atom. The van der Waals surface area contributed by atoms with E-state index >= 15 is 0 Å². The van der Waals surface area contributed by atoms with Gasteiger partial charge in [-0.05, 0) is 70.5 Å². The van der Waals surface area contributed by atoms with Crippen molar-refractivity contribution in [3.63, 3.8) is 0 Å². The molecule has 0 radical (unpaired) electrons. The zero-order valence-corrected chi connectivity index (χ0v) is 29.5. The minimum absolute atomic E-state index is 0.0480. The highest BCUT2D eigenvalue weighted by atomic mass is 16.6. The molecular formula is C36H54N4O8. The first-order valence-corrected chi connectivity index (χ1v) is 16.8. The number of hydrogen-bond acceptors (Lipinski definition) is 10. The maximum absolute atomic E-state index is 13.9. The number of carbonyl (C=O) groups excluding carboxylic acids is 4. The normalized spacial score (nSPS) is 31.6. The second kappa shape index (κ2) is 18.8. The molecule has 48 heavy (non-hydrogen) atoms. The molecule has 1 fully saturated rings. The van der Waals surface area contributed by atoms with Gasteiger partial charge in [-0.3, -0.25) is 14.4 Å². The Morgan fingerprint density at radius 3 is 2.40 bits per heavy atom. The number of methoxy groups -OCH3 is 3. The van der Waals surface area contributed by atoms with Crippen molar-refractivity contribution in [2.24, 2.45) is 17.6 Å². The summed E-state index contributed by atoms with van der Waals surface area (Å²) < 4.78 is 23.0. The summed E-state index contributed by atoms with van der Waals surface area (Å²) in [6, 6.07) is 0. The van der Waals surface area contributed by atoms with Gasteiger partial charge in [-0.15, -0.1) is 0 Å². The molecule has 0 unspecified atom stereocenters. The van der Waals surface area contributed by atoms with Gasteiger partial charge in [-0.25, -0.2) is 4.79 Å². The first kappa shape index (κ1) is 38.9. The number of primary amides is 1. The number of hydrogen-bond donors (Lipinski definition) is 3. The number of likely N-dealkylation sites (tertiary alicyclic amines) is 1. The van der Waals surface area contributed by atoms with Crippen molar-refractivity contribution in [3.05, 3.63) is 58.5 Å². The number of rotatable bonds is 8. The van der Waals surface area contributed by atoms with E-state index in [0.29, 0.717) is 36.1 Å². The third kappa shape index (κ3) is 10.7. The van der Waals surface area contributed by atoms with Gasteiger partial charge in [-0.2, -0.15) is 0 Å². The minimum Gasteiger partial charge on any atom is -0.439 e. The highest BCUT2D eigenvalue weighted by molar-refractivity contribution is 6.23. The van der Waals surface area contributed by atoms with Crippen LogP contribution in [0, 0.1) is 11.8 Å². The molecule has 1 aliphatic carbocycles. The lowest BCUT2D eigenvalue weighted by atomic mass is 9.85. The van der Waals surface area contributed by atoms with Crippen LogP contribution in [-0.2, 0) is 33.3 Å². The summed E-state index contributed by atoms with van der Waals surface area (Å²) in [5.41, 5.74) is 7.09. The van der Waals surface area contributed by atoms with Crippen LogP contribution in [0.25, 0.3) is 0 Å². The molecule has 266 valence electrons. The first-order chi connectivity index (χ1) is 22.9. The van der Waals surface area contributed by atoms with Crippen molar-refractivity contribution in [1.82, 2.24) is 15.5 Å². The SMILES string of the molecule is CO[C@H]1[C@@H](OC)C[C@H](C)CC2=C(NCCN3CCCC3)C(=O)C=C(NC(=O)/C(C)=C/C/C=C\[C@@H](OC)[C@@H](OC(N)=O)/C(C)=C/[C@@H]1C)C2=O. The Labute approximate surface area is 284 Å². The van der Waals surface area contributed by atoms with E-state index in [-0.39, 0.29) is 47.3 Å². The zero-order valence-electron chi connectivity index (χ0n) is 29.5. The van der Waals surface area contributed by atoms with Crippen LogP contribution in [0.5, 0.6) is 0 Å². The average molecular weight is 671 g/mol. The number of nitrogens with zero attached hydrogens (tertiary/aromatic N) is 1. The predicted molar refractivity (Wildman–Crippen MR) is 183 cm³/mol. The fourth-order valence-corrected chi connectivity index (χ4v) is 6.64. The van der Waals surface area contributed by atoms with Crippen LogP contribution < -0.4 is 16.4 Å². The van der Waals surface area contributed by atoms with Crippen molar-refractivity contribution in [3.8, 4) is 0 Å². The molecule has 6 atom stereocenters. The number of fused-ring (bicyclic) bond motifs is 2. The topological polar surface area (TPSA) is 159 Å². The maximum atomic E-state index is 13.9. The Kier molecular flexibility index (Phi) is 15.2. The van der Waals surface area contributed by atoms with E-state index < -0.39 is 30.3 Å². The molecule has 12 nitrogen and oxygen atoms in total. The second-order valence-electron chi connectivity index (χ2n) is 12.9. The Hall–Kier alpha value is -3.58. The van der Waals surface area contributed by atoms with E-state index in [1.807, 2.05) is 26.8 Å². The van der Waals surface area contributed by atoms with Gasteiger partial charge in [0.05, 0.1) is 23.6 Å². The molecule has 3 rings (SSSR count). The standard InChI is InChI=1S/C36H54N4O8/c1-22-18-26-31(38-14-17-40-15-10-11-16-40)28(41)21-27(32(26)42)39-35(43)23(2)12-8-9-13-29(45-5)34(48-36(37)44)25(4)20-24(3)33(47-7)30(19-22)46-6/h9,12-13,20-22,24,29-30,33-34,38H,8,10-11,14-19H2,1-7H3,(H2,37,44)(H,39,43)/b13-9-,23-12+,25-20+/t22-,24+,29-,30+,33-,34+/m1/s1. The Morgan fingerprint density at radius 1 is 1.06 bits per heavy atom. The molecule has 0 saturated carbocycles. The van der Waals surface area contributed by atoms with E-state index in [1.54, 1.807) is 39.4 Å². The highest BCUT2D eigenvalue weighted by Gasteiger charge is 2.34. The van der Waals surface area contributed by atoms with E-state index in [0.717, 1.165) is 32.5 Å². The lowest BCUT2D eigenvalue weighted by Crippen LogP contribution is -2.39. The molecule has 0 aromatic rings. The van der Waals surface area contributed by atoms with Gasteiger partial charge in [-0.1, -0.05) is 38.2 Å². The molecule has 2 bridgehead atoms. The van der Waals surface area contributed by atoms with Gasteiger partial charge in [0, 0.05) is 57.6 Å². The van der Waals surface area contributed by atoms with Gasteiger partial charge in [0.1, 0.15) is 6.10 Å². The summed E-state index contributed by atoms with van der Waals surface area (Å²) in [5, 5.41) is 5.94. The lowest BCUT2D eigenvalue weighted by Gasteiger charge is -2.32. The number of Topliss-reactive ketones (excluding diaryl/α,β-unsaturated/α-hetero) is 1. The summed E-state index contributed by atoms with van der Waals surface area (Å²) >= 11 is 0. The molecule has 0 aromatic carbocycles. The number of nitrogens with two attached hydrogens (primary N) is 1. The highest BCUT2D eigenvalue weighted by Crippen LogP contribution is 2.29. The van der Waals surface area contributed by atoms with Gasteiger partial charge in [0.15, 0.2) is 6.10 Å². The average Bonchev–Trinajstić information content (AvgIpc) is 3.56. The van der Waals surface area contributed by atoms with Gasteiger partial charge >= 0.3 is 6.09 Å². The number of carbonyl (C=O) groups is 4. The van der Waals surface area contributed by atoms with E-state index in [4.69, 9.17) is 24.7 Å². The maximum Gasteiger partial charge on any atom is 0.405 e. The molecule has 0 spiro atoms. The summed E-state index contributed by atoms with van der Waals surface area (Å²) in [7, 11) is 4.73. The van der Waals surface area contributed by atoms with Crippen LogP contribution in [0.3, 0.4) is 0 Å². The Bertz CT molecular complexity index is 1330. The summed E-state index contributed by atoms with van der Waals surface area (Å²) in [6.45, 7) is 10.8. The molecular weight excluding hydrogens is 616 g/mol. The Balaban J connectivity index is 2.01. The van der Waals surface area contributed by atoms with Crippen LogP contribution in [0.2, 0.25) is 0 Å². The van der Waals surface area contributed by atoms with Crippen molar-refractivity contribution in [2.45, 2.75) is 84.2 Å². The number of nitrogens with one attached hydrogen (secondary N) is 2. The van der Waals surface area contributed by atoms with Gasteiger partial charge in [0.2, 0.25) is 11.6 Å². The van der Waals surface area contributed by atoms with E-state index in [9.17, 15) is 19.2 Å². The number of allylic oxidation sites excluding steroid dienone is 4. The van der Waals surface area contributed by atoms with Crippen molar-refractivity contribution >= 4 is 23.6 Å². The van der Waals surface area contributed by atoms with Crippen molar-refractivity contribution in [1.29, 1.82) is 0 Å². The fraction of sp³-hybridized carbons (Fsp3) is 0.611. The van der Waals surface area contributed by atoms with Crippen molar-refractivity contribution < 1.29 is 38.1 Å². The summed E-state index contributed by atoms with van der Waals surface area (Å²) in [4.78, 5) is 54.8. The summed E-state index contributed by atoms with van der Waals surface area (Å²) in [5.74, 6) is -1.51. The molecule has 0 aromatic heterocycles. The number of ketones is 2. The van der Waals surface area contributed by atoms with Crippen molar-refractivity contribution in [2.75, 3.05) is 47.5 Å². The lowest BCUT2D eigenvalue weighted by molar-refractivity contribution is -0.120. The molecule has 2 heterocycles. The monoisotopic (exact) mass is 670 g/mol. The van der Waals surface area contributed by atoms with Gasteiger partial charge < -0.3 is 40.2 Å². The smallest absolute Gasteiger partial charge is 0.405 e. The van der Waals surface area contributed by atoms with Gasteiger partial charge in [0.25, 0.3) is 5.91 Å². The van der Waals surface area contributed by atoms with E-state index in [2.05, 4.69) is 15.5 Å².